The van der Waals surface area contributed by atoms with E-state index in [1.807, 2.05) is 49.4 Å². The SMILES string of the molecule is C=CCN1C(=O)[C@H](CC(=O)NCC)SC1=Nc1cccc2ccccc12. The van der Waals surface area contributed by atoms with E-state index < -0.39 is 5.25 Å². The zero-order chi connectivity index (χ0) is 18.5. The summed E-state index contributed by atoms with van der Waals surface area (Å²) in [4.78, 5) is 30.9. The van der Waals surface area contributed by atoms with Crippen LogP contribution in [0.2, 0.25) is 0 Å². The average Bonchev–Trinajstić information content (AvgIpc) is 2.91. The number of fused-ring (bicyclic) bond motifs is 1. The maximum Gasteiger partial charge on any atom is 0.242 e. The molecule has 26 heavy (non-hydrogen) atoms. The highest BCUT2D eigenvalue weighted by Gasteiger charge is 2.38. The second kappa shape index (κ2) is 8.19. The van der Waals surface area contributed by atoms with Crippen molar-refractivity contribution in [2.24, 2.45) is 4.99 Å². The monoisotopic (exact) mass is 367 g/mol. The molecule has 5 nitrogen and oxygen atoms in total. The molecule has 2 aromatic rings. The molecule has 1 fully saturated rings. The summed E-state index contributed by atoms with van der Waals surface area (Å²) in [5, 5.41) is 5.03. The first kappa shape index (κ1) is 18.2. The van der Waals surface area contributed by atoms with Crippen LogP contribution in [-0.2, 0) is 9.59 Å². The maximum absolute atomic E-state index is 12.7. The van der Waals surface area contributed by atoms with Crippen LogP contribution in [0.5, 0.6) is 0 Å². The molecule has 0 spiro atoms. The van der Waals surface area contributed by atoms with Crippen molar-refractivity contribution in [1.29, 1.82) is 0 Å². The number of rotatable bonds is 6. The van der Waals surface area contributed by atoms with Crippen molar-refractivity contribution in [1.82, 2.24) is 10.2 Å². The minimum atomic E-state index is -0.449. The Morgan fingerprint density at radius 3 is 2.85 bits per heavy atom. The highest BCUT2D eigenvalue weighted by atomic mass is 32.2. The first-order chi connectivity index (χ1) is 12.6. The van der Waals surface area contributed by atoms with Gasteiger partial charge in [-0.2, -0.15) is 0 Å². The summed E-state index contributed by atoms with van der Waals surface area (Å²) in [6, 6.07) is 13.9. The topological polar surface area (TPSA) is 61.8 Å². The van der Waals surface area contributed by atoms with Gasteiger partial charge in [0.25, 0.3) is 0 Å². The van der Waals surface area contributed by atoms with Gasteiger partial charge in [-0.3, -0.25) is 14.5 Å². The molecule has 0 radical (unpaired) electrons. The van der Waals surface area contributed by atoms with Gasteiger partial charge in [0.2, 0.25) is 11.8 Å². The minimum absolute atomic E-state index is 0.0971. The number of aliphatic imine (C=N–C) groups is 1. The van der Waals surface area contributed by atoms with E-state index in [0.717, 1.165) is 16.5 Å². The molecular weight excluding hydrogens is 346 g/mol. The second-order valence-electron chi connectivity index (χ2n) is 5.89. The van der Waals surface area contributed by atoms with E-state index >= 15 is 0 Å². The molecule has 0 saturated carbocycles. The quantitative estimate of drug-likeness (QED) is 0.795. The average molecular weight is 367 g/mol. The maximum atomic E-state index is 12.7. The molecule has 2 aromatic carbocycles. The number of nitrogens with one attached hydrogen (secondary N) is 1. The van der Waals surface area contributed by atoms with Crippen LogP contribution in [-0.4, -0.2) is 40.2 Å². The fourth-order valence-electron chi connectivity index (χ4n) is 2.87. The largest absolute Gasteiger partial charge is 0.356 e. The van der Waals surface area contributed by atoms with Gasteiger partial charge < -0.3 is 5.32 Å². The van der Waals surface area contributed by atoms with Crippen LogP contribution in [0.1, 0.15) is 13.3 Å². The highest BCUT2D eigenvalue weighted by molar-refractivity contribution is 8.15. The lowest BCUT2D eigenvalue weighted by Crippen LogP contribution is -2.34. The van der Waals surface area contributed by atoms with Gasteiger partial charge in [-0.1, -0.05) is 54.2 Å². The molecule has 0 aliphatic carbocycles. The molecule has 0 bridgehead atoms. The number of hydrogen-bond donors (Lipinski definition) is 1. The number of hydrogen-bond acceptors (Lipinski definition) is 4. The van der Waals surface area contributed by atoms with Crippen LogP contribution in [0.3, 0.4) is 0 Å². The predicted octanol–water partition coefficient (Wildman–Crippen LogP) is 3.48. The normalized spacial score (nSPS) is 18.5. The smallest absolute Gasteiger partial charge is 0.242 e. The Balaban J connectivity index is 1.93. The molecule has 2 amide bonds. The predicted molar refractivity (Wildman–Crippen MR) is 108 cm³/mol. The Kier molecular flexibility index (Phi) is 5.73. The summed E-state index contributed by atoms with van der Waals surface area (Å²) in [6.07, 6.45) is 1.82. The lowest BCUT2D eigenvalue weighted by Gasteiger charge is -2.14. The Bertz CT molecular complexity index is 873. The highest BCUT2D eigenvalue weighted by Crippen LogP contribution is 2.33. The van der Waals surface area contributed by atoms with Gasteiger partial charge in [0.1, 0.15) is 5.25 Å². The third-order valence-corrected chi connectivity index (χ3v) is 5.23. The Morgan fingerprint density at radius 2 is 2.08 bits per heavy atom. The van der Waals surface area contributed by atoms with Crippen molar-refractivity contribution in [3.05, 3.63) is 55.1 Å². The molecule has 0 unspecified atom stereocenters. The number of nitrogens with zero attached hydrogens (tertiary/aromatic N) is 2. The molecule has 1 heterocycles. The number of carbonyl (C=O) groups excluding carboxylic acids is 2. The van der Waals surface area contributed by atoms with Gasteiger partial charge in [0, 0.05) is 24.9 Å². The van der Waals surface area contributed by atoms with Crippen LogP contribution in [0.25, 0.3) is 10.8 Å². The summed E-state index contributed by atoms with van der Waals surface area (Å²) in [6.45, 7) is 6.52. The minimum Gasteiger partial charge on any atom is -0.356 e. The van der Waals surface area contributed by atoms with E-state index in [0.29, 0.717) is 18.3 Å². The second-order valence-corrected chi connectivity index (χ2v) is 7.06. The standard InChI is InChI=1S/C20H21N3O2S/c1-3-12-23-19(25)17(13-18(24)21-4-2)26-20(23)22-16-11-7-9-14-8-5-6-10-15(14)16/h3,5-11,17H,1,4,12-13H2,2H3,(H,21,24)/t17-/m0/s1. The lowest BCUT2D eigenvalue weighted by atomic mass is 10.1. The summed E-state index contributed by atoms with van der Waals surface area (Å²) in [5.74, 6) is -0.219. The number of carbonyl (C=O) groups is 2. The molecule has 0 aromatic heterocycles. The first-order valence-electron chi connectivity index (χ1n) is 8.56. The van der Waals surface area contributed by atoms with E-state index in [9.17, 15) is 9.59 Å². The Labute approximate surface area is 157 Å². The fraction of sp³-hybridized carbons (Fsp3) is 0.250. The van der Waals surface area contributed by atoms with Gasteiger partial charge in [-0.05, 0) is 18.4 Å². The Hall–Kier alpha value is -2.60. The van der Waals surface area contributed by atoms with Gasteiger partial charge in [-0.15, -0.1) is 6.58 Å². The van der Waals surface area contributed by atoms with E-state index in [-0.39, 0.29) is 18.2 Å². The molecule has 6 heteroatoms. The van der Waals surface area contributed by atoms with Gasteiger partial charge in [0.15, 0.2) is 5.17 Å². The molecular formula is C20H21N3O2S. The van der Waals surface area contributed by atoms with Crippen molar-refractivity contribution < 1.29 is 9.59 Å². The third-order valence-electron chi connectivity index (χ3n) is 4.06. The van der Waals surface area contributed by atoms with Crippen LogP contribution < -0.4 is 5.32 Å². The third kappa shape index (κ3) is 3.80. The van der Waals surface area contributed by atoms with Crippen LogP contribution in [0.15, 0.2) is 60.1 Å². The molecule has 1 atom stereocenters. The summed E-state index contributed by atoms with van der Waals surface area (Å²) in [5.41, 5.74) is 0.811. The lowest BCUT2D eigenvalue weighted by molar-refractivity contribution is -0.129. The molecule has 1 aliphatic rings. The van der Waals surface area contributed by atoms with Crippen LogP contribution >= 0.6 is 11.8 Å². The fourth-order valence-corrected chi connectivity index (χ4v) is 4.03. The number of benzene rings is 2. The number of amidine groups is 1. The first-order valence-corrected chi connectivity index (χ1v) is 9.44. The molecule has 1 aliphatic heterocycles. The molecule has 1 saturated heterocycles. The number of amides is 2. The molecule has 134 valence electrons. The van der Waals surface area contributed by atoms with E-state index in [4.69, 9.17) is 4.99 Å². The summed E-state index contributed by atoms with van der Waals surface area (Å²) in [7, 11) is 0. The zero-order valence-corrected chi connectivity index (χ0v) is 15.5. The van der Waals surface area contributed by atoms with E-state index in [1.165, 1.54) is 11.8 Å². The van der Waals surface area contributed by atoms with Crippen molar-refractivity contribution >= 4 is 45.2 Å². The van der Waals surface area contributed by atoms with Crippen LogP contribution in [0.4, 0.5) is 5.69 Å². The van der Waals surface area contributed by atoms with E-state index in [1.54, 1.807) is 11.0 Å². The van der Waals surface area contributed by atoms with Crippen molar-refractivity contribution in [3.63, 3.8) is 0 Å². The summed E-state index contributed by atoms with van der Waals surface area (Å²) >= 11 is 1.34. The van der Waals surface area contributed by atoms with Crippen molar-refractivity contribution in [2.75, 3.05) is 13.1 Å². The van der Waals surface area contributed by atoms with Gasteiger partial charge in [-0.25, -0.2) is 4.99 Å². The van der Waals surface area contributed by atoms with Crippen LogP contribution in [0, 0.1) is 0 Å². The Morgan fingerprint density at radius 1 is 1.31 bits per heavy atom. The number of thioether (sulfide) groups is 1. The van der Waals surface area contributed by atoms with Crippen molar-refractivity contribution in [3.8, 4) is 0 Å². The zero-order valence-electron chi connectivity index (χ0n) is 14.6. The van der Waals surface area contributed by atoms with Gasteiger partial charge >= 0.3 is 0 Å². The summed E-state index contributed by atoms with van der Waals surface area (Å²) < 4.78 is 0. The van der Waals surface area contributed by atoms with Gasteiger partial charge in [0.05, 0.1) is 5.69 Å². The van der Waals surface area contributed by atoms with Crippen molar-refractivity contribution in [2.45, 2.75) is 18.6 Å². The molecule has 1 N–H and O–H groups in total. The molecule has 3 rings (SSSR count). The van der Waals surface area contributed by atoms with E-state index in [2.05, 4.69) is 11.9 Å².